The van der Waals surface area contributed by atoms with Crippen LogP contribution in [0.15, 0.2) is 24.3 Å². The Morgan fingerprint density at radius 3 is 3.00 bits per heavy atom. The maximum absolute atomic E-state index is 12.5. The van der Waals surface area contributed by atoms with Crippen molar-refractivity contribution < 1.29 is 24.2 Å². The lowest BCUT2D eigenvalue weighted by atomic mass is 9.74. The number of nitrogens with zero attached hydrogens (tertiary/aromatic N) is 1. The molecule has 2 atom stereocenters. The first-order chi connectivity index (χ1) is 12.0. The van der Waals surface area contributed by atoms with Crippen molar-refractivity contribution in [2.45, 2.75) is 26.2 Å². The van der Waals surface area contributed by atoms with Crippen LogP contribution < -0.4 is 4.74 Å². The largest absolute Gasteiger partial charge is 0.494 e. The molecule has 2 saturated heterocycles. The summed E-state index contributed by atoms with van der Waals surface area (Å²) in [6, 6.07) is 7.81. The SMILES string of the molecule is Cc1cccc(OCCCC(=O)N2C[C@H]3COCC[C@@]3(C(=O)O)C2)c1. The first-order valence-electron chi connectivity index (χ1n) is 8.80. The summed E-state index contributed by atoms with van der Waals surface area (Å²) in [6.45, 7) is 4.13. The van der Waals surface area contributed by atoms with E-state index in [-0.39, 0.29) is 11.8 Å². The Kier molecular flexibility index (Phi) is 5.27. The summed E-state index contributed by atoms with van der Waals surface area (Å²) in [4.78, 5) is 25.9. The quantitative estimate of drug-likeness (QED) is 0.798. The van der Waals surface area contributed by atoms with E-state index in [0.717, 1.165) is 11.3 Å². The van der Waals surface area contributed by atoms with Gasteiger partial charge in [0.1, 0.15) is 5.75 Å². The first kappa shape index (κ1) is 17.7. The van der Waals surface area contributed by atoms with Gasteiger partial charge in [-0.05, 0) is 37.5 Å². The van der Waals surface area contributed by atoms with Gasteiger partial charge in [-0.15, -0.1) is 0 Å². The smallest absolute Gasteiger partial charge is 0.311 e. The molecule has 0 bridgehead atoms. The summed E-state index contributed by atoms with van der Waals surface area (Å²) in [7, 11) is 0. The highest BCUT2D eigenvalue weighted by molar-refractivity contribution is 5.81. The number of hydrogen-bond acceptors (Lipinski definition) is 4. The molecule has 1 aromatic carbocycles. The van der Waals surface area contributed by atoms with Crippen LogP contribution in [0.5, 0.6) is 5.75 Å². The number of benzene rings is 1. The molecular formula is C19H25NO5. The zero-order valence-corrected chi connectivity index (χ0v) is 14.6. The number of aliphatic carboxylic acids is 1. The Morgan fingerprint density at radius 1 is 1.44 bits per heavy atom. The zero-order valence-electron chi connectivity index (χ0n) is 14.6. The van der Waals surface area contributed by atoms with Gasteiger partial charge in [0.15, 0.2) is 0 Å². The van der Waals surface area contributed by atoms with Gasteiger partial charge < -0.3 is 19.5 Å². The molecule has 2 fully saturated rings. The van der Waals surface area contributed by atoms with Crippen LogP contribution in [0.1, 0.15) is 24.8 Å². The second kappa shape index (κ2) is 7.44. The van der Waals surface area contributed by atoms with Crippen LogP contribution in [0.3, 0.4) is 0 Å². The third-order valence-electron chi connectivity index (χ3n) is 5.28. The van der Waals surface area contributed by atoms with Crippen molar-refractivity contribution >= 4 is 11.9 Å². The molecule has 6 heteroatoms. The fourth-order valence-electron chi connectivity index (χ4n) is 3.77. The molecule has 0 aliphatic carbocycles. The fraction of sp³-hybridized carbons (Fsp3) is 0.579. The topological polar surface area (TPSA) is 76.1 Å². The molecule has 3 rings (SSSR count). The summed E-state index contributed by atoms with van der Waals surface area (Å²) in [5.74, 6) is -0.102. The summed E-state index contributed by atoms with van der Waals surface area (Å²) < 4.78 is 11.1. The van der Waals surface area contributed by atoms with Crippen LogP contribution in [-0.4, -0.2) is 54.8 Å². The van der Waals surface area contributed by atoms with E-state index < -0.39 is 11.4 Å². The lowest BCUT2D eigenvalue weighted by Gasteiger charge is -2.33. The zero-order chi connectivity index (χ0) is 17.9. The molecule has 0 saturated carbocycles. The van der Waals surface area contributed by atoms with Gasteiger partial charge in [0, 0.05) is 32.0 Å². The van der Waals surface area contributed by atoms with E-state index in [4.69, 9.17) is 9.47 Å². The van der Waals surface area contributed by atoms with Crippen molar-refractivity contribution in [3.8, 4) is 5.75 Å². The van der Waals surface area contributed by atoms with Gasteiger partial charge in [0.05, 0.1) is 18.6 Å². The normalized spacial score (nSPS) is 25.5. The monoisotopic (exact) mass is 347 g/mol. The van der Waals surface area contributed by atoms with Gasteiger partial charge in [0.2, 0.25) is 5.91 Å². The van der Waals surface area contributed by atoms with Crippen LogP contribution in [0.2, 0.25) is 0 Å². The van der Waals surface area contributed by atoms with E-state index in [9.17, 15) is 14.7 Å². The van der Waals surface area contributed by atoms with E-state index in [1.165, 1.54) is 0 Å². The molecule has 1 aromatic rings. The average Bonchev–Trinajstić information content (AvgIpc) is 3.00. The molecule has 0 radical (unpaired) electrons. The highest BCUT2D eigenvalue weighted by Gasteiger charge is 2.54. The number of amides is 1. The summed E-state index contributed by atoms with van der Waals surface area (Å²) in [6.07, 6.45) is 1.47. The number of carbonyl (C=O) groups excluding carboxylic acids is 1. The second-order valence-corrected chi connectivity index (χ2v) is 7.03. The lowest BCUT2D eigenvalue weighted by molar-refractivity contribution is -0.157. The summed E-state index contributed by atoms with van der Waals surface area (Å²) >= 11 is 0. The molecule has 1 N–H and O–H groups in total. The Hall–Kier alpha value is -2.08. The maximum atomic E-state index is 12.5. The minimum absolute atomic E-state index is 0.00265. The predicted molar refractivity (Wildman–Crippen MR) is 91.5 cm³/mol. The molecular weight excluding hydrogens is 322 g/mol. The van der Waals surface area contributed by atoms with Crippen molar-refractivity contribution in [1.29, 1.82) is 0 Å². The summed E-state index contributed by atoms with van der Waals surface area (Å²) in [5, 5.41) is 9.65. The predicted octanol–water partition coefficient (Wildman–Crippen LogP) is 2.10. The molecule has 2 aliphatic heterocycles. The molecule has 25 heavy (non-hydrogen) atoms. The van der Waals surface area contributed by atoms with Crippen LogP contribution in [-0.2, 0) is 14.3 Å². The van der Waals surface area contributed by atoms with Crippen molar-refractivity contribution in [2.24, 2.45) is 11.3 Å². The summed E-state index contributed by atoms with van der Waals surface area (Å²) in [5.41, 5.74) is 0.306. The molecule has 1 amide bonds. The highest BCUT2D eigenvalue weighted by atomic mass is 16.5. The Morgan fingerprint density at radius 2 is 2.28 bits per heavy atom. The molecule has 0 unspecified atom stereocenters. The number of ether oxygens (including phenoxy) is 2. The molecule has 6 nitrogen and oxygen atoms in total. The Bertz CT molecular complexity index is 646. The lowest BCUT2D eigenvalue weighted by Crippen LogP contribution is -2.45. The number of hydrogen-bond donors (Lipinski definition) is 1. The van der Waals surface area contributed by atoms with Gasteiger partial charge in [-0.3, -0.25) is 9.59 Å². The maximum Gasteiger partial charge on any atom is 0.311 e. The van der Waals surface area contributed by atoms with E-state index in [1.54, 1.807) is 4.90 Å². The average molecular weight is 347 g/mol. The van der Waals surface area contributed by atoms with Crippen molar-refractivity contribution in [2.75, 3.05) is 32.9 Å². The minimum atomic E-state index is -0.827. The number of carboxylic acid groups (broad SMARTS) is 1. The van der Waals surface area contributed by atoms with Crippen molar-refractivity contribution in [3.63, 3.8) is 0 Å². The van der Waals surface area contributed by atoms with E-state index in [0.29, 0.717) is 52.2 Å². The van der Waals surface area contributed by atoms with Gasteiger partial charge in [0.25, 0.3) is 0 Å². The molecule has 0 aromatic heterocycles. The third-order valence-corrected chi connectivity index (χ3v) is 5.28. The van der Waals surface area contributed by atoms with Crippen LogP contribution in [0.4, 0.5) is 0 Å². The Balaban J connectivity index is 1.48. The molecule has 0 spiro atoms. The van der Waals surface area contributed by atoms with Crippen molar-refractivity contribution in [3.05, 3.63) is 29.8 Å². The van der Waals surface area contributed by atoms with Crippen LogP contribution >= 0.6 is 0 Å². The third kappa shape index (κ3) is 3.79. The second-order valence-electron chi connectivity index (χ2n) is 7.03. The van der Waals surface area contributed by atoms with Crippen molar-refractivity contribution in [1.82, 2.24) is 4.90 Å². The first-order valence-corrected chi connectivity index (χ1v) is 8.80. The molecule has 136 valence electrons. The number of carboxylic acids is 1. The van der Waals surface area contributed by atoms with Gasteiger partial charge in [-0.25, -0.2) is 0 Å². The number of likely N-dealkylation sites (tertiary alicyclic amines) is 1. The molecule has 2 heterocycles. The molecule has 2 aliphatic rings. The standard InChI is InChI=1S/C19H25NO5/c1-14-4-2-5-16(10-14)25-8-3-6-17(21)20-11-15-12-24-9-7-19(15,13-20)18(22)23/h2,4-5,10,15H,3,6-9,11-13H2,1H3,(H,22,23)/t15-,19+/m0/s1. The van der Waals surface area contributed by atoms with Gasteiger partial charge in [-0.2, -0.15) is 0 Å². The van der Waals surface area contributed by atoms with Gasteiger partial charge in [-0.1, -0.05) is 12.1 Å². The number of rotatable bonds is 6. The van der Waals surface area contributed by atoms with Gasteiger partial charge >= 0.3 is 5.97 Å². The van der Waals surface area contributed by atoms with E-state index in [1.807, 2.05) is 31.2 Å². The number of fused-ring (bicyclic) bond motifs is 1. The number of aryl methyl sites for hydroxylation is 1. The Labute approximate surface area is 147 Å². The number of carbonyl (C=O) groups is 2. The highest BCUT2D eigenvalue weighted by Crippen LogP contribution is 2.42. The van der Waals surface area contributed by atoms with E-state index >= 15 is 0 Å². The van der Waals surface area contributed by atoms with Crippen LogP contribution in [0.25, 0.3) is 0 Å². The minimum Gasteiger partial charge on any atom is -0.494 e. The van der Waals surface area contributed by atoms with Crippen LogP contribution in [0, 0.1) is 18.3 Å². The fourth-order valence-corrected chi connectivity index (χ4v) is 3.77. The van der Waals surface area contributed by atoms with E-state index in [2.05, 4.69) is 0 Å².